The van der Waals surface area contributed by atoms with E-state index in [1.54, 1.807) is 6.92 Å². The molecule has 6 nitrogen and oxygen atoms in total. The predicted octanol–water partition coefficient (Wildman–Crippen LogP) is 4.05. The maximum Gasteiger partial charge on any atom is 0.418 e. The second kappa shape index (κ2) is 7.94. The van der Waals surface area contributed by atoms with E-state index in [0.29, 0.717) is 0 Å². The van der Waals surface area contributed by atoms with E-state index in [2.05, 4.69) is 10.6 Å². The fraction of sp³-hybridized carbons (Fsp3) is 0.294. The van der Waals surface area contributed by atoms with Crippen LogP contribution < -0.4 is 10.6 Å². The maximum absolute atomic E-state index is 13.3. The Balaban J connectivity index is 2.23. The highest BCUT2D eigenvalue weighted by Gasteiger charge is 2.34. The van der Waals surface area contributed by atoms with Gasteiger partial charge in [-0.1, -0.05) is 0 Å². The average molecular weight is 370 g/mol. The van der Waals surface area contributed by atoms with Crippen molar-refractivity contribution in [2.45, 2.75) is 26.6 Å². The van der Waals surface area contributed by atoms with Gasteiger partial charge < -0.3 is 19.8 Å². The van der Waals surface area contributed by atoms with Gasteiger partial charge in [0.1, 0.15) is 11.3 Å². The molecule has 9 heteroatoms. The number of carbonyl (C=O) groups excluding carboxylic acids is 2. The molecular weight excluding hydrogens is 353 g/mol. The van der Waals surface area contributed by atoms with Gasteiger partial charge in [-0.25, -0.2) is 4.79 Å². The van der Waals surface area contributed by atoms with Crippen molar-refractivity contribution in [2.75, 3.05) is 17.2 Å². The molecule has 0 atom stereocenters. The highest BCUT2D eigenvalue weighted by molar-refractivity contribution is 5.90. The van der Waals surface area contributed by atoms with Crippen LogP contribution >= 0.6 is 0 Å². The molecule has 0 bridgehead atoms. The van der Waals surface area contributed by atoms with Crippen molar-refractivity contribution >= 4 is 23.3 Å². The second-order valence-corrected chi connectivity index (χ2v) is 5.27. The van der Waals surface area contributed by atoms with Crippen LogP contribution in [0.4, 0.5) is 24.5 Å². The lowest BCUT2D eigenvalue weighted by Gasteiger charge is -2.16. The summed E-state index contributed by atoms with van der Waals surface area (Å²) < 4.78 is 49.9. The van der Waals surface area contributed by atoms with E-state index in [0.717, 1.165) is 6.07 Å². The molecule has 2 N–H and O–H groups in total. The number of hydrogen-bond donors (Lipinski definition) is 2. The van der Waals surface area contributed by atoms with Crippen molar-refractivity contribution in [3.8, 4) is 0 Å². The third-order valence-electron chi connectivity index (χ3n) is 3.33. The number of furan rings is 1. The molecule has 2 aromatic rings. The molecule has 2 rings (SSSR count). The summed E-state index contributed by atoms with van der Waals surface area (Å²) in [6.45, 7) is 2.86. The number of alkyl halides is 3. The predicted molar refractivity (Wildman–Crippen MR) is 87.7 cm³/mol. The first-order chi connectivity index (χ1) is 12.2. The first-order valence-electron chi connectivity index (χ1n) is 7.68. The minimum Gasteiger partial charge on any atom is -0.467 e. The summed E-state index contributed by atoms with van der Waals surface area (Å²) >= 11 is 0. The third-order valence-corrected chi connectivity index (χ3v) is 3.33. The number of nitrogens with one attached hydrogen (secondary N) is 2. The van der Waals surface area contributed by atoms with Gasteiger partial charge in [-0.05, 0) is 31.2 Å². The number of esters is 1. The van der Waals surface area contributed by atoms with Gasteiger partial charge in [0.05, 0.1) is 25.0 Å². The van der Waals surface area contributed by atoms with Crippen LogP contribution in [0.2, 0.25) is 0 Å². The molecule has 140 valence electrons. The molecule has 0 saturated heterocycles. The Hall–Kier alpha value is -2.97. The Morgan fingerprint density at radius 2 is 1.96 bits per heavy atom. The third kappa shape index (κ3) is 4.78. The van der Waals surface area contributed by atoms with Gasteiger partial charge >= 0.3 is 12.1 Å². The number of ether oxygens (including phenoxy) is 1. The summed E-state index contributed by atoms with van der Waals surface area (Å²) in [5.74, 6) is -0.939. The van der Waals surface area contributed by atoms with Crippen molar-refractivity contribution in [1.82, 2.24) is 0 Å². The van der Waals surface area contributed by atoms with Gasteiger partial charge in [0.15, 0.2) is 0 Å². The zero-order valence-electron chi connectivity index (χ0n) is 14.1. The lowest BCUT2D eigenvalue weighted by atomic mass is 10.1. The van der Waals surface area contributed by atoms with Crippen LogP contribution in [0, 0.1) is 0 Å². The molecule has 0 saturated carbocycles. The number of benzene rings is 1. The largest absolute Gasteiger partial charge is 0.467 e. The Morgan fingerprint density at radius 3 is 2.58 bits per heavy atom. The summed E-state index contributed by atoms with van der Waals surface area (Å²) in [6.07, 6.45) is -3.38. The first kappa shape index (κ1) is 19.4. The van der Waals surface area contributed by atoms with E-state index in [9.17, 15) is 22.8 Å². The van der Waals surface area contributed by atoms with E-state index in [4.69, 9.17) is 9.15 Å². The molecule has 1 aromatic carbocycles. The highest BCUT2D eigenvalue weighted by atomic mass is 19.4. The van der Waals surface area contributed by atoms with Gasteiger partial charge in [-0.2, -0.15) is 13.2 Å². The van der Waals surface area contributed by atoms with Gasteiger partial charge in [0.2, 0.25) is 5.91 Å². The van der Waals surface area contributed by atoms with Crippen molar-refractivity contribution in [1.29, 1.82) is 0 Å². The monoisotopic (exact) mass is 370 g/mol. The molecule has 26 heavy (non-hydrogen) atoms. The van der Waals surface area contributed by atoms with Gasteiger partial charge in [0.25, 0.3) is 0 Å². The Labute approximate surface area is 147 Å². The van der Waals surface area contributed by atoms with Crippen LogP contribution in [0.25, 0.3) is 0 Å². The Bertz CT molecular complexity index is 800. The summed E-state index contributed by atoms with van der Waals surface area (Å²) in [4.78, 5) is 22.8. The highest BCUT2D eigenvalue weighted by Crippen LogP contribution is 2.37. The van der Waals surface area contributed by atoms with Crippen molar-refractivity contribution in [3.63, 3.8) is 0 Å². The summed E-state index contributed by atoms with van der Waals surface area (Å²) in [5, 5.41) is 4.91. The molecule has 0 radical (unpaired) electrons. The van der Waals surface area contributed by atoms with Crippen LogP contribution in [0.15, 0.2) is 34.9 Å². The van der Waals surface area contributed by atoms with E-state index < -0.39 is 23.6 Å². The molecule has 1 heterocycles. The Morgan fingerprint density at radius 1 is 1.23 bits per heavy atom. The number of carbonyl (C=O) groups is 2. The van der Waals surface area contributed by atoms with E-state index in [1.807, 2.05) is 0 Å². The van der Waals surface area contributed by atoms with E-state index in [1.165, 1.54) is 31.4 Å². The quantitative estimate of drug-likeness (QED) is 0.750. The summed E-state index contributed by atoms with van der Waals surface area (Å²) in [6, 6.07) is 4.76. The van der Waals surface area contributed by atoms with Crippen LogP contribution in [-0.2, 0) is 22.3 Å². The second-order valence-electron chi connectivity index (χ2n) is 5.27. The van der Waals surface area contributed by atoms with Crippen LogP contribution in [0.5, 0.6) is 0 Å². The van der Waals surface area contributed by atoms with Gasteiger partial charge in [0, 0.05) is 18.3 Å². The lowest BCUT2D eigenvalue weighted by Crippen LogP contribution is -2.14. The normalized spacial score (nSPS) is 11.1. The molecule has 0 aliphatic heterocycles. The van der Waals surface area contributed by atoms with Crippen LogP contribution in [0.1, 0.15) is 35.5 Å². The zero-order valence-corrected chi connectivity index (χ0v) is 14.1. The zero-order chi connectivity index (χ0) is 19.3. The van der Waals surface area contributed by atoms with Crippen molar-refractivity contribution < 1.29 is 31.9 Å². The number of halogens is 3. The maximum atomic E-state index is 13.3. The lowest BCUT2D eigenvalue weighted by molar-refractivity contribution is -0.137. The number of amides is 1. The fourth-order valence-electron chi connectivity index (χ4n) is 2.26. The molecule has 0 aliphatic carbocycles. The number of anilines is 2. The van der Waals surface area contributed by atoms with Gasteiger partial charge in [-0.3, -0.25) is 4.79 Å². The van der Waals surface area contributed by atoms with E-state index >= 15 is 0 Å². The molecule has 1 amide bonds. The molecule has 0 spiro atoms. The molecule has 0 fully saturated rings. The van der Waals surface area contributed by atoms with Gasteiger partial charge in [-0.15, -0.1) is 0 Å². The molecule has 0 unspecified atom stereocenters. The average Bonchev–Trinajstić information content (AvgIpc) is 3.01. The standard InChI is InChI=1S/C17H17F3N2O4/c1-3-25-16(24)12-6-7-26-15(12)9-21-14-5-4-11(22-10(2)23)8-13(14)17(18,19)20/h4-8,21H,3,9H2,1-2H3,(H,22,23). The molecule has 1 aromatic heterocycles. The minimum atomic E-state index is -4.63. The van der Waals surface area contributed by atoms with Crippen LogP contribution in [-0.4, -0.2) is 18.5 Å². The summed E-state index contributed by atoms with van der Waals surface area (Å²) in [5.41, 5.74) is -0.992. The SMILES string of the molecule is CCOC(=O)c1ccoc1CNc1ccc(NC(C)=O)cc1C(F)(F)F. The van der Waals surface area contributed by atoms with Crippen molar-refractivity contribution in [3.05, 3.63) is 47.4 Å². The van der Waals surface area contributed by atoms with E-state index in [-0.39, 0.29) is 35.9 Å². The number of hydrogen-bond acceptors (Lipinski definition) is 5. The number of rotatable bonds is 6. The smallest absolute Gasteiger partial charge is 0.418 e. The summed E-state index contributed by atoms with van der Waals surface area (Å²) in [7, 11) is 0. The molecule has 0 aliphatic rings. The van der Waals surface area contributed by atoms with Crippen LogP contribution in [0.3, 0.4) is 0 Å². The molecular formula is C17H17F3N2O4. The topological polar surface area (TPSA) is 80.6 Å². The van der Waals surface area contributed by atoms with Crippen molar-refractivity contribution in [2.24, 2.45) is 0 Å². The minimum absolute atomic E-state index is 0.0283. The first-order valence-corrected chi connectivity index (χ1v) is 7.68. The fourth-order valence-corrected chi connectivity index (χ4v) is 2.26. The Kier molecular flexibility index (Phi) is 5.91.